The van der Waals surface area contributed by atoms with Crippen LogP contribution in [0.5, 0.6) is 0 Å². The molecule has 3 amide bonds. The Hall–Kier alpha value is -1.02. The van der Waals surface area contributed by atoms with Gasteiger partial charge in [-0.1, -0.05) is 6.92 Å². The van der Waals surface area contributed by atoms with Gasteiger partial charge in [-0.2, -0.15) is 0 Å². The van der Waals surface area contributed by atoms with E-state index in [2.05, 4.69) is 11.5 Å². The van der Waals surface area contributed by atoms with Gasteiger partial charge in [0.15, 0.2) is 0 Å². The molecule has 0 aromatic carbocycles. The molecule has 3 radical (unpaired) electrons. The Morgan fingerprint density at radius 1 is 1.37 bits per heavy atom. The van der Waals surface area contributed by atoms with Crippen LogP contribution >= 0.6 is 11.8 Å². The lowest BCUT2D eigenvalue weighted by Crippen LogP contribution is -2.30. The number of imide groups is 1. The van der Waals surface area contributed by atoms with E-state index in [1.54, 1.807) is 11.8 Å². The van der Waals surface area contributed by atoms with E-state index in [4.69, 9.17) is 0 Å². The molecule has 4 N–H and O–H groups in total. The van der Waals surface area contributed by atoms with E-state index in [-0.39, 0.29) is 31.4 Å². The van der Waals surface area contributed by atoms with Crippen LogP contribution in [-0.2, 0) is 14.4 Å². The number of rotatable bonds is 3. The third-order valence-electron chi connectivity index (χ3n) is 1.89. The summed E-state index contributed by atoms with van der Waals surface area (Å²) >= 11 is 1.56. The molecule has 1 atom stereocenters. The zero-order chi connectivity index (χ0) is 14.7. The van der Waals surface area contributed by atoms with Gasteiger partial charge in [0.2, 0.25) is 17.7 Å². The zero-order valence-corrected chi connectivity index (χ0v) is 12.8. The van der Waals surface area contributed by atoms with Crippen LogP contribution in [-0.4, -0.2) is 55.6 Å². The highest BCUT2D eigenvalue weighted by atomic mass is 32.2. The number of nitrogens with two attached hydrogens (primary N) is 2. The van der Waals surface area contributed by atoms with Crippen LogP contribution in [0.3, 0.4) is 0 Å². The molecular weight excluding hydrogens is 265 g/mol. The van der Waals surface area contributed by atoms with Crippen molar-refractivity contribution in [2.75, 3.05) is 19.3 Å². The van der Waals surface area contributed by atoms with Crippen molar-refractivity contribution in [3.05, 3.63) is 0 Å². The topological polar surface area (TPSA) is 106 Å². The number of thioether (sulfide) groups is 1. The minimum Gasteiger partial charge on any atom is -0.370 e. The number of likely N-dealkylation sites (tertiary alicyclic amines) is 1. The van der Waals surface area contributed by atoms with E-state index < -0.39 is 0 Å². The molecule has 1 heterocycles. The molecule has 0 aromatic heterocycles. The second-order valence-electron chi connectivity index (χ2n) is 3.23. The molecule has 1 unspecified atom stereocenters. The second-order valence-corrected chi connectivity index (χ2v) is 4.71. The smallest absolute Gasteiger partial charge is 0.242 e. The van der Waals surface area contributed by atoms with Crippen molar-refractivity contribution < 1.29 is 14.4 Å². The van der Waals surface area contributed by atoms with Crippen molar-refractivity contribution in [3.8, 4) is 0 Å². The lowest BCUT2D eigenvalue weighted by Gasteiger charge is -2.10. The van der Waals surface area contributed by atoms with Crippen LogP contribution in [0.1, 0.15) is 27.2 Å². The minimum atomic E-state index is -0.333. The van der Waals surface area contributed by atoms with Gasteiger partial charge in [0.1, 0.15) is 0 Å². The molecule has 0 saturated carbocycles. The first-order chi connectivity index (χ1) is 8.43. The van der Waals surface area contributed by atoms with E-state index in [1.165, 1.54) is 18.9 Å². The van der Waals surface area contributed by atoms with Crippen molar-refractivity contribution >= 4 is 37.9 Å². The lowest BCUT2D eigenvalue weighted by molar-refractivity contribution is -0.137. The summed E-state index contributed by atoms with van der Waals surface area (Å²) in [5.74, 6) is 0.532. The van der Waals surface area contributed by atoms with Crippen LogP contribution in [0.4, 0.5) is 0 Å². The normalized spacial score (nSPS) is 16.7. The molecule has 8 heteroatoms. The molecular formula is C11H23BN3O3S. The second kappa shape index (κ2) is 13.4. The van der Waals surface area contributed by atoms with E-state index in [1.807, 2.05) is 13.8 Å². The SMILES string of the molecule is CC(N)=O.CCSC1CC(=O)N(CC)C1=O.CN.[B]. The van der Waals surface area contributed by atoms with Crippen molar-refractivity contribution in [1.82, 2.24) is 4.90 Å². The van der Waals surface area contributed by atoms with Crippen molar-refractivity contribution in [1.29, 1.82) is 0 Å². The molecule has 0 aromatic rings. The molecule has 6 nitrogen and oxygen atoms in total. The third kappa shape index (κ3) is 9.55. The van der Waals surface area contributed by atoms with Gasteiger partial charge in [-0.15, -0.1) is 11.8 Å². The fraction of sp³-hybridized carbons (Fsp3) is 0.727. The van der Waals surface area contributed by atoms with Gasteiger partial charge in [-0.25, -0.2) is 0 Å². The van der Waals surface area contributed by atoms with Crippen molar-refractivity contribution in [2.45, 2.75) is 32.4 Å². The maximum absolute atomic E-state index is 11.4. The maximum Gasteiger partial charge on any atom is 0.242 e. The van der Waals surface area contributed by atoms with Gasteiger partial charge in [0.05, 0.1) is 5.25 Å². The first-order valence-corrected chi connectivity index (χ1v) is 6.78. The van der Waals surface area contributed by atoms with Crippen molar-refractivity contribution in [2.24, 2.45) is 11.5 Å². The number of nitrogens with zero attached hydrogens (tertiary/aromatic N) is 1. The Kier molecular flexibility index (Phi) is 16.3. The summed E-state index contributed by atoms with van der Waals surface area (Å²) < 4.78 is 0. The largest absolute Gasteiger partial charge is 0.370 e. The van der Waals surface area contributed by atoms with Gasteiger partial charge in [0, 0.05) is 28.3 Å². The average molecular weight is 288 g/mol. The lowest BCUT2D eigenvalue weighted by atomic mass is 10.4. The summed E-state index contributed by atoms with van der Waals surface area (Å²) in [5.41, 5.74) is 8.97. The number of carbonyl (C=O) groups excluding carboxylic acids is 3. The van der Waals surface area contributed by atoms with E-state index in [0.29, 0.717) is 13.0 Å². The van der Waals surface area contributed by atoms with E-state index in [0.717, 1.165) is 5.75 Å². The Morgan fingerprint density at radius 3 is 2.05 bits per heavy atom. The maximum atomic E-state index is 11.4. The molecule has 19 heavy (non-hydrogen) atoms. The molecule has 1 aliphatic rings. The third-order valence-corrected chi connectivity index (χ3v) is 2.99. The molecule has 1 aliphatic heterocycles. The van der Waals surface area contributed by atoms with Crippen LogP contribution in [0.2, 0.25) is 0 Å². The van der Waals surface area contributed by atoms with E-state index >= 15 is 0 Å². The fourth-order valence-electron chi connectivity index (χ4n) is 1.32. The number of amides is 3. The standard InChI is InChI=1S/C8H13NO2S.C2H5NO.CH5N.B/c1-3-9-7(10)5-6(8(9)11)12-4-2;1-2(3)4;1-2;/h6H,3-5H2,1-2H3;1H3,(H2,3,4);2H2,1H3;. The summed E-state index contributed by atoms with van der Waals surface area (Å²) in [6.45, 7) is 5.64. The quantitative estimate of drug-likeness (QED) is 0.541. The van der Waals surface area contributed by atoms with Gasteiger partial charge in [-0.05, 0) is 19.7 Å². The predicted molar refractivity (Wildman–Crippen MR) is 79.7 cm³/mol. The summed E-state index contributed by atoms with van der Waals surface area (Å²) in [6, 6.07) is 0. The monoisotopic (exact) mass is 288 g/mol. The Balaban J connectivity index is -0.000000316. The first-order valence-electron chi connectivity index (χ1n) is 5.73. The molecule has 0 bridgehead atoms. The van der Waals surface area contributed by atoms with Crippen LogP contribution < -0.4 is 11.5 Å². The summed E-state index contributed by atoms with van der Waals surface area (Å²) in [4.78, 5) is 33.2. The summed E-state index contributed by atoms with van der Waals surface area (Å²) in [7, 11) is 1.50. The highest BCUT2D eigenvalue weighted by Gasteiger charge is 2.37. The number of hydrogen-bond donors (Lipinski definition) is 2. The molecule has 1 saturated heterocycles. The summed E-state index contributed by atoms with van der Waals surface area (Å²) in [5, 5.41) is -0.109. The Bertz CT molecular complexity index is 286. The van der Waals surface area contributed by atoms with Gasteiger partial charge < -0.3 is 11.5 Å². The predicted octanol–water partition coefficient (Wildman–Crippen LogP) is -0.427. The number of carbonyl (C=O) groups is 3. The molecule has 1 fully saturated rings. The molecule has 0 aliphatic carbocycles. The minimum absolute atomic E-state index is 0. The van der Waals surface area contributed by atoms with Gasteiger partial charge in [0.25, 0.3) is 0 Å². The van der Waals surface area contributed by atoms with Crippen LogP contribution in [0, 0.1) is 0 Å². The van der Waals surface area contributed by atoms with E-state index in [9.17, 15) is 14.4 Å². The Morgan fingerprint density at radius 2 is 1.79 bits per heavy atom. The Labute approximate surface area is 121 Å². The van der Waals surface area contributed by atoms with Crippen LogP contribution in [0.25, 0.3) is 0 Å². The summed E-state index contributed by atoms with van der Waals surface area (Å²) in [6.07, 6.45) is 0.394. The number of primary amides is 1. The fourth-order valence-corrected chi connectivity index (χ4v) is 2.25. The first kappa shape index (κ1) is 23.1. The average Bonchev–Trinajstić information content (AvgIpc) is 2.56. The zero-order valence-electron chi connectivity index (χ0n) is 12.0. The molecule has 109 valence electrons. The number of hydrogen-bond acceptors (Lipinski definition) is 5. The van der Waals surface area contributed by atoms with Gasteiger partial charge in [-0.3, -0.25) is 19.3 Å². The molecule has 1 rings (SSSR count). The highest BCUT2D eigenvalue weighted by Crippen LogP contribution is 2.24. The molecule has 0 spiro atoms. The van der Waals surface area contributed by atoms with Gasteiger partial charge >= 0.3 is 0 Å². The highest BCUT2D eigenvalue weighted by molar-refractivity contribution is 8.00. The van der Waals surface area contributed by atoms with Crippen molar-refractivity contribution in [3.63, 3.8) is 0 Å². The van der Waals surface area contributed by atoms with Crippen LogP contribution in [0.15, 0.2) is 0 Å².